The number of aliphatic hydroxyl groups excluding tert-OH is 1. The quantitative estimate of drug-likeness (QED) is 0.0798. The molecular formula is C50H62IrNO3S-. The molecule has 3 aromatic carbocycles. The number of carbonyl (C=O) groups is 1. The molecule has 0 spiro atoms. The maximum Gasteiger partial charge on any atom is 0.164 e. The van der Waals surface area contributed by atoms with E-state index in [-0.39, 0.29) is 47.9 Å². The molecule has 6 rings (SSSR count). The molecule has 0 amide bonds. The number of aliphatic hydroxyl groups is 1. The third-order valence-electron chi connectivity index (χ3n) is 12.1. The van der Waals surface area contributed by atoms with E-state index in [2.05, 4.69) is 109 Å². The van der Waals surface area contributed by atoms with Gasteiger partial charge in [-0.2, -0.15) is 0 Å². The van der Waals surface area contributed by atoms with Crippen LogP contribution in [0, 0.1) is 36.7 Å². The number of benzene rings is 3. The SMILES string of the molecule is CCC(C)(CC)C(=O)/C=C(\O)C(C)(CC)CC.Cc1c(-c2sc3c(-c4[c-]c5ccccc5c(C(C)(C)C)c4)nccc3c2C)oc2ccc(CC(C)C)cc12.[Ir]. The summed E-state index contributed by atoms with van der Waals surface area (Å²) in [4.78, 5) is 18.3. The van der Waals surface area contributed by atoms with Crippen LogP contribution >= 0.6 is 11.3 Å². The fourth-order valence-electron chi connectivity index (χ4n) is 7.30. The standard InChI is InChI=1S/C35H34NOS.C15H28O2.Ir/c1-20(2)16-23-12-13-30-28(17-23)21(3)32(37-30)33-22(4)26-14-15-36-31(34(26)38-33)25-18-24-10-8-9-11-27(24)29(19-25)35(5,6)7;1-7-14(5,8-2)12(16)11-13(17)15(6,9-3)10-4;/h8-15,17,19-20H,16H2,1-7H3;11,16H,7-10H2,1-6H3;/q-1;;/b;12-11-;. The van der Waals surface area contributed by atoms with Crippen LogP contribution < -0.4 is 0 Å². The molecule has 56 heavy (non-hydrogen) atoms. The molecule has 0 aliphatic heterocycles. The summed E-state index contributed by atoms with van der Waals surface area (Å²) >= 11 is 1.79. The first-order valence-electron chi connectivity index (χ1n) is 20.2. The number of pyridine rings is 1. The van der Waals surface area contributed by atoms with Gasteiger partial charge in [-0.25, -0.2) is 0 Å². The van der Waals surface area contributed by atoms with Crippen molar-refractivity contribution in [2.45, 2.75) is 128 Å². The summed E-state index contributed by atoms with van der Waals surface area (Å²) in [6.07, 6.45) is 7.76. The van der Waals surface area contributed by atoms with Gasteiger partial charge in [0.05, 0.1) is 4.88 Å². The van der Waals surface area contributed by atoms with Gasteiger partial charge < -0.3 is 9.52 Å². The van der Waals surface area contributed by atoms with E-state index in [1.807, 2.05) is 47.7 Å². The van der Waals surface area contributed by atoms with Crippen molar-refractivity contribution >= 4 is 48.9 Å². The summed E-state index contributed by atoms with van der Waals surface area (Å²) in [5.74, 6) is 1.89. The molecule has 0 saturated heterocycles. The molecule has 0 unspecified atom stereocenters. The zero-order chi connectivity index (χ0) is 40.5. The summed E-state index contributed by atoms with van der Waals surface area (Å²) in [5, 5.41) is 15.0. The molecule has 301 valence electrons. The van der Waals surface area contributed by atoms with Gasteiger partial charge in [-0.05, 0) is 92.0 Å². The van der Waals surface area contributed by atoms with E-state index in [4.69, 9.17) is 9.40 Å². The van der Waals surface area contributed by atoms with Crippen molar-refractivity contribution in [3.63, 3.8) is 0 Å². The Hall–Kier alpha value is -3.57. The molecule has 1 N–H and O–H groups in total. The molecule has 6 heteroatoms. The molecule has 3 heterocycles. The average Bonchev–Trinajstić information content (AvgIpc) is 3.68. The molecule has 3 aromatic heterocycles. The number of hydrogen-bond donors (Lipinski definition) is 1. The number of rotatable bonds is 11. The van der Waals surface area contributed by atoms with Gasteiger partial charge in [-0.3, -0.25) is 9.78 Å². The molecule has 1 radical (unpaired) electrons. The Morgan fingerprint density at radius 3 is 2.11 bits per heavy atom. The number of aryl methyl sites for hydroxylation is 2. The largest absolute Gasteiger partial charge is 0.512 e. The predicted octanol–water partition coefficient (Wildman–Crippen LogP) is 15.1. The first-order chi connectivity index (χ1) is 25.9. The van der Waals surface area contributed by atoms with Gasteiger partial charge in [-0.15, -0.1) is 40.5 Å². The van der Waals surface area contributed by atoms with Crippen molar-refractivity contribution in [2.75, 3.05) is 0 Å². The molecule has 0 aliphatic rings. The topological polar surface area (TPSA) is 63.3 Å². The first-order valence-corrected chi connectivity index (χ1v) is 21.0. The fraction of sp³-hybridized carbons (Fsp3) is 0.440. The molecule has 0 saturated carbocycles. The van der Waals surface area contributed by atoms with E-state index in [1.165, 1.54) is 54.1 Å². The first kappa shape index (κ1) is 45.1. The van der Waals surface area contributed by atoms with Crippen LogP contribution in [0.5, 0.6) is 0 Å². The molecule has 0 fully saturated rings. The van der Waals surface area contributed by atoms with Crippen molar-refractivity contribution < 1.29 is 34.4 Å². The fourth-order valence-corrected chi connectivity index (χ4v) is 8.65. The summed E-state index contributed by atoms with van der Waals surface area (Å²) in [6.45, 7) is 27.8. The van der Waals surface area contributed by atoms with Gasteiger partial charge >= 0.3 is 0 Å². The number of furan rings is 1. The minimum absolute atomic E-state index is 0. The normalized spacial score (nSPS) is 12.6. The number of hydrogen-bond acceptors (Lipinski definition) is 5. The van der Waals surface area contributed by atoms with Crippen LogP contribution in [0.1, 0.15) is 124 Å². The van der Waals surface area contributed by atoms with Crippen LogP contribution in [-0.4, -0.2) is 15.9 Å². The Morgan fingerprint density at radius 1 is 0.857 bits per heavy atom. The monoisotopic (exact) mass is 949 g/mol. The minimum Gasteiger partial charge on any atom is -0.512 e. The van der Waals surface area contributed by atoms with Crippen LogP contribution in [0.3, 0.4) is 0 Å². The molecule has 0 atom stereocenters. The zero-order valence-corrected chi connectivity index (χ0v) is 39.1. The number of carbonyl (C=O) groups excluding carboxylic acids is 1. The van der Waals surface area contributed by atoms with E-state index in [1.54, 1.807) is 11.3 Å². The summed E-state index contributed by atoms with van der Waals surface area (Å²) in [6, 6.07) is 23.3. The molecule has 0 aliphatic carbocycles. The molecule has 6 aromatic rings. The van der Waals surface area contributed by atoms with Crippen LogP contribution in [0.4, 0.5) is 0 Å². The molecular weight excluding hydrogens is 887 g/mol. The van der Waals surface area contributed by atoms with Gasteiger partial charge in [0, 0.05) is 64.6 Å². The third-order valence-corrected chi connectivity index (χ3v) is 13.5. The minimum atomic E-state index is -0.337. The maximum atomic E-state index is 12.2. The predicted molar refractivity (Wildman–Crippen MR) is 236 cm³/mol. The molecule has 4 nitrogen and oxygen atoms in total. The van der Waals surface area contributed by atoms with Gasteiger partial charge in [0.25, 0.3) is 0 Å². The van der Waals surface area contributed by atoms with Crippen molar-refractivity contribution in [2.24, 2.45) is 16.7 Å². The summed E-state index contributed by atoms with van der Waals surface area (Å²) in [7, 11) is 0. The van der Waals surface area contributed by atoms with Crippen molar-refractivity contribution in [1.29, 1.82) is 0 Å². The Morgan fingerprint density at radius 2 is 1.50 bits per heavy atom. The second-order valence-electron chi connectivity index (χ2n) is 17.4. The van der Waals surface area contributed by atoms with Crippen molar-refractivity contribution in [3.05, 3.63) is 101 Å². The Bertz CT molecular complexity index is 2340. The smallest absolute Gasteiger partial charge is 0.164 e. The van der Waals surface area contributed by atoms with Gasteiger partial charge in [0.2, 0.25) is 0 Å². The van der Waals surface area contributed by atoms with Crippen molar-refractivity contribution in [1.82, 2.24) is 4.98 Å². The molecule has 0 bridgehead atoms. The van der Waals surface area contributed by atoms with E-state index < -0.39 is 0 Å². The summed E-state index contributed by atoms with van der Waals surface area (Å²) < 4.78 is 7.69. The van der Waals surface area contributed by atoms with Crippen LogP contribution in [0.2, 0.25) is 0 Å². The maximum absolute atomic E-state index is 12.2. The van der Waals surface area contributed by atoms with E-state index >= 15 is 0 Å². The Kier molecular flexibility index (Phi) is 14.4. The zero-order valence-electron chi connectivity index (χ0n) is 35.9. The van der Waals surface area contributed by atoms with E-state index in [0.29, 0.717) is 5.92 Å². The number of fused-ring (bicyclic) bond motifs is 3. The number of allylic oxidation sites excluding steroid dienone is 2. The van der Waals surface area contributed by atoms with Gasteiger partial charge in [0.1, 0.15) is 17.1 Å². The Balaban J connectivity index is 0.000000330. The second kappa shape index (κ2) is 17.9. The average molecular weight is 949 g/mol. The van der Waals surface area contributed by atoms with Gasteiger partial charge in [-0.1, -0.05) is 111 Å². The van der Waals surface area contributed by atoms with Crippen LogP contribution in [0.25, 0.3) is 53.7 Å². The Labute approximate surface area is 353 Å². The van der Waals surface area contributed by atoms with Gasteiger partial charge in [0.15, 0.2) is 5.78 Å². The number of thiophene rings is 1. The van der Waals surface area contributed by atoms with E-state index in [0.717, 1.165) is 60.1 Å². The summed E-state index contributed by atoms with van der Waals surface area (Å²) in [5.41, 5.74) is 7.54. The second-order valence-corrected chi connectivity index (χ2v) is 18.4. The van der Waals surface area contributed by atoms with Crippen LogP contribution in [0.15, 0.2) is 77.0 Å². The van der Waals surface area contributed by atoms with Crippen molar-refractivity contribution in [3.8, 4) is 21.9 Å². The number of ketones is 1. The number of aromatic nitrogens is 1. The van der Waals surface area contributed by atoms with Crippen LogP contribution in [-0.2, 0) is 36.7 Å². The number of nitrogens with zero attached hydrogens (tertiary/aromatic N) is 1. The third kappa shape index (κ3) is 9.09. The van der Waals surface area contributed by atoms with E-state index in [9.17, 15) is 9.90 Å².